The van der Waals surface area contributed by atoms with Gasteiger partial charge >= 0.3 is 0 Å². The maximum atomic E-state index is 13.6. The van der Waals surface area contributed by atoms with Crippen LogP contribution in [-0.4, -0.2) is 46.5 Å². The van der Waals surface area contributed by atoms with E-state index in [-0.39, 0.29) is 23.5 Å². The van der Waals surface area contributed by atoms with Crippen molar-refractivity contribution >= 4 is 11.8 Å². The first kappa shape index (κ1) is 17.7. The molecule has 1 atom stereocenters. The molecule has 0 aliphatic carbocycles. The predicted molar refractivity (Wildman–Crippen MR) is 98.3 cm³/mol. The van der Waals surface area contributed by atoms with Crippen molar-refractivity contribution in [1.82, 2.24) is 20.4 Å². The molecule has 27 heavy (non-hydrogen) atoms. The maximum absolute atomic E-state index is 13.6. The van der Waals surface area contributed by atoms with E-state index in [0.29, 0.717) is 26.1 Å². The smallest absolute Gasteiger partial charge is 0.235 e. The van der Waals surface area contributed by atoms with E-state index in [0.717, 1.165) is 36.1 Å². The van der Waals surface area contributed by atoms with Gasteiger partial charge in [0.15, 0.2) is 0 Å². The predicted octanol–water partition coefficient (Wildman–Crippen LogP) is 2.45. The summed E-state index contributed by atoms with van der Waals surface area (Å²) in [5.41, 5.74) is 2.70. The Kier molecular flexibility index (Phi) is 4.92. The monoisotopic (exact) mass is 370 g/mol. The second-order valence-corrected chi connectivity index (χ2v) is 7.29. The van der Waals surface area contributed by atoms with Gasteiger partial charge in [-0.15, -0.1) is 0 Å². The molecule has 2 amide bonds. The van der Waals surface area contributed by atoms with Crippen LogP contribution in [0.25, 0.3) is 11.1 Å². The van der Waals surface area contributed by atoms with Crippen LogP contribution in [0.15, 0.2) is 30.5 Å². The zero-order valence-corrected chi connectivity index (χ0v) is 15.1. The highest BCUT2D eigenvalue weighted by Crippen LogP contribution is 2.34. The molecule has 1 aromatic carbocycles. The summed E-state index contributed by atoms with van der Waals surface area (Å²) in [5.74, 6) is -0.776. The molecule has 0 radical (unpaired) electrons. The Labute approximate surface area is 157 Å². The fraction of sp³-hybridized carbons (Fsp3) is 0.450. The molecule has 2 N–H and O–H groups in total. The van der Waals surface area contributed by atoms with Crippen LogP contribution in [0.1, 0.15) is 37.3 Å². The van der Waals surface area contributed by atoms with Crippen LogP contribution in [0.2, 0.25) is 0 Å². The van der Waals surface area contributed by atoms with Crippen molar-refractivity contribution in [3.05, 3.63) is 42.0 Å². The minimum Gasteiger partial charge on any atom is -0.355 e. The third-order valence-corrected chi connectivity index (χ3v) is 5.60. The molecule has 1 aromatic heterocycles. The van der Waals surface area contributed by atoms with Crippen LogP contribution in [0.4, 0.5) is 4.39 Å². The van der Waals surface area contributed by atoms with E-state index in [1.54, 1.807) is 12.3 Å². The van der Waals surface area contributed by atoms with Crippen molar-refractivity contribution in [1.29, 1.82) is 0 Å². The summed E-state index contributed by atoms with van der Waals surface area (Å²) in [7, 11) is 0. The highest BCUT2D eigenvalue weighted by molar-refractivity contribution is 6.00. The third-order valence-electron chi connectivity index (χ3n) is 5.60. The summed E-state index contributed by atoms with van der Waals surface area (Å²) in [6, 6.07) is 6.50. The van der Waals surface area contributed by atoms with Gasteiger partial charge in [0.25, 0.3) is 0 Å². The maximum Gasteiger partial charge on any atom is 0.235 e. The molecule has 2 aliphatic rings. The van der Waals surface area contributed by atoms with Crippen molar-refractivity contribution in [2.24, 2.45) is 5.92 Å². The van der Waals surface area contributed by atoms with Gasteiger partial charge in [-0.3, -0.25) is 14.7 Å². The van der Waals surface area contributed by atoms with Gasteiger partial charge in [-0.05, 0) is 43.4 Å². The van der Waals surface area contributed by atoms with Gasteiger partial charge < -0.3 is 10.2 Å². The number of piperidine rings is 2. The molecule has 142 valence electrons. The number of carbonyl (C=O) groups excluding carboxylic acids is 2. The standard InChI is InChI=1S/C20H23FN4O2/c21-15-4-1-3-14(11-15)17-12-23-24-18(17)13-6-9-25(10-7-13)20(27)16-5-2-8-22-19(16)26/h1,3-4,11-13,16H,2,5-10H2,(H,22,26)(H,23,24). The second-order valence-electron chi connectivity index (χ2n) is 7.29. The van der Waals surface area contributed by atoms with Gasteiger partial charge in [0.1, 0.15) is 11.7 Å². The number of benzene rings is 1. The normalized spacial score (nSPS) is 21.1. The Morgan fingerprint density at radius 2 is 2.04 bits per heavy atom. The van der Waals surface area contributed by atoms with E-state index in [9.17, 15) is 14.0 Å². The Morgan fingerprint density at radius 1 is 1.22 bits per heavy atom. The van der Waals surface area contributed by atoms with Crippen LogP contribution >= 0.6 is 0 Å². The lowest BCUT2D eigenvalue weighted by atomic mass is 9.88. The molecule has 4 rings (SSSR count). The van der Waals surface area contributed by atoms with Gasteiger partial charge in [-0.25, -0.2) is 4.39 Å². The average Bonchev–Trinajstić information content (AvgIpc) is 3.18. The molecule has 6 nitrogen and oxygen atoms in total. The number of carbonyl (C=O) groups is 2. The number of hydrogen-bond acceptors (Lipinski definition) is 3. The average molecular weight is 370 g/mol. The topological polar surface area (TPSA) is 78.1 Å². The first-order valence-corrected chi connectivity index (χ1v) is 9.49. The van der Waals surface area contributed by atoms with E-state index >= 15 is 0 Å². The Morgan fingerprint density at radius 3 is 2.78 bits per heavy atom. The van der Waals surface area contributed by atoms with E-state index in [1.807, 2.05) is 11.0 Å². The lowest BCUT2D eigenvalue weighted by molar-refractivity contribution is -0.144. The van der Waals surface area contributed by atoms with Crippen LogP contribution in [0.3, 0.4) is 0 Å². The number of likely N-dealkylation sites (tertiary alicyclic amines) is 1. The van der Waals surface area contributed by atoms with E-state index in [4.69, 9.17) is 0 Å². The van der Waals surface area contributed by atoms with Gasteiger partial charge in [-0.1, -0.05) is 12.1 Å². The fourth-order valence-corrected chi connectivity index (χ4v) is 4.11. The fourth-order valence-electron chi connectivity index (χ4n) is 4.11. The molecule has 7 heteroatoms. The van der Waals surface area contributed by atoms with Gasteiger partial charge in [0.05, 0.1) is 6.20 Å². The zero-order valence-electron chi connectivity index (χ0n) is 15.1. The molecular weight excluding hydrogens is 347 g/mol. The van der Waals surface area contributed by atoms with Crippen molar-refractivity contribution in [2.75, 3.05) is 19.6 Å². The SMILES string of the molecule is O=C1NCCCC1C(=O)N1CCC(c2[nH]ncc2-c2cccc(F)c2)CC1. The number of halogens is 1. The Bertz CT molecular complexity index is 842. The molecule has 2 aromatic rings. The summed E-state index contributed by atoms with van der Waals surface area (Å²) in [5, 5.41) is 10.0. The van der Waals surface area contributed by atoms with Gasteiger partial charge in [-0.2, -0.15) is 5.10 Å². The summed E-state index contributed by atoms with van der Waals surface area (Å²) in [4.78, 5) is 26.5. The van der Waals surface area contributed by atoms with E-state index in [2.05, 4.69) is 15.5 Å². The van der Waals surface area contributed by atoms with Crippen LogP contribution in [0.5, 0.6) is 0 Å². The number of H-pyrrole nitrogens is 1. The number of nitrogens with one attached hydrogen (secondary N) is 2. The summed E-state index contributed by atoms with van der Waals surface area (Å²) in [6.07, 6.45) is 4.81. The van der Waals surface area contributed by atoms with Crippen LogP contribution in [0, 0.1) is 11.7 Å². The van der Waals surface area contributed by atoms with Crippen molar-refractivity contribution in [3.63, 3.8) is 0 Å². The van der Waals surface area contributed by atoms with E-state index in [1.165, 1.54) is 12.1 Å². The zero-order chi connectivity index (χ0) is 18.8. The van der Waals surface area contributed by atoms with Crippen LogP contribution < -0.4 is 5.32 Å². The van der Waals surface area contributed by atoms with Gasteiger partial charge in [0.2, 0.25) is 11.8 Å². The molecule has 2 saturated heterocycles. The molecule has 0 saturated carbocycles. The molecule has 1 unspecified atom stereocenters. The van der Waals surface area contributed by atoms with Gasteiger partial charge in [0, 0.05) is 36.8 Å². The number of hydrogen-bond donors (Lipinski definition) is 2. The number of aromatic nitrogens is 2. The minimum atomic E-state index is -0.537. The minimum absolute atomic E-state index is 0.0550. The quantitative estimate of drug-likeness (QED) is 0.815. The molecule has 2 fully saturated rings. The lowest BCUT2D eigenvalue weighted by Crippen LogP contribution is -2.48. The Balaban J connectivity index is 1.44. The van der Waals surface area contributed by atoms with E-state index < -0.39 is 5.92 Å². The molecule has 3 heterocycles. The molecule has 0 spiro atoms. The number of aromatic amines is 1. The first-order chi connectivity index (χ1) is 13.1. The summed E-state index contributed by atoms with van der Waals surface area (Å²) in [6.45, 7) is 1.90. The second kappa shape index (κ2) is 7.50. The first-order valence-electron chi connectivity index (χ1n) is 9.49. The highest BCUT2D eigenvalue weighted by Gasteiger charge is 2.35. The molecule has 0 bridgehead atoms. The lowest BCUT2D eigenvalue weighted by Gasteiger charge is -2.34. The Hall–Kier alpha value is -2.70. The number of rotatable bonds is 3. The van der Waals surface area contributed by atoms with Crippen LogP contribution in [-0.2, 0) is 9.59 Å². The largest absolute Gasteiger partial charge is 0.355 e. The highest BCUT2D eigenvalue weighted by atomic mass is 19.1. The molecule has 2 aliphatic heterocycles. The van der Waals surface area contributed by atoms with Crippen molar-refractivity contribution < 1.29 is 14.0 Å². The number of nitrogens with zero attached hydrogens (tertiary/aromatic N) is 2. The van der Waals surface area contributed by atoms with Crippen molar-refractivity contribution in [3.8, 4) is 11.1 Å². The molecular formula is C20H23FN4O2. The summed E-state index contributed by atoms with van der Waals surface area (Å²) >= 11 is 0. The summed E-state index contributed by atoms with van der Waals surface area (Å²) < 4.78 is 13.6. The van der Waals surface area contributed by atoms with Crippen molar-refractivity contribution in [2.45, 2.75) is 31.6 Å². The third kappa shape index (κ3) is 3.59. The number of amides is 2.